The lowest BCUT2D eigenvalue weighted by atomic mass is 10.3. The van der Waals surface area contributed by atoms with E-state index in [0.717, 1.165) is 23.1 Å². The summed E-state index contributed by atoms with van der Waals surface area (Å²) in [5.41, 5.74) is 2.48. The summed E-state index contributed by atoms with van der Waals surface area (Å²) >= 11 is 1.65. The fourth-order valence-corrected chi connectivity index (χ4v) is 2.51. The standard InChI is InChI=1S/C12H18N4OS/c1-4-7(3)17-10-9-6-8(5-2)18-11(9)15-12(14-10)16-13/h6-7H,4-5,13H2,1-3H3,(H,14,15,16). The highest BCUT2D eigenvalue weighted by Gasteiger charge is 2.13. The highest BCUT2D eigenvalue weighted by Crippen LogP contribution is 2.32. The van der Waals surface area contributed by atoms with Gasteiger partial charge in [-0.15, -0.1) is 11.3 Å². The summed E-state index contributed by atoms with van der Waals surface area (Å²) in [6.45, 7) is 6.22. The number of nitrogen functional groups attached to an aromatic ring is 1. The second kappa shape index (κ2) is 5.49. The molecule has 0 radical (unpaired) electrons. The molecule has 0 bridgehead atoms. The minimum Gasteiger partial charge on any atom is -0.474 e. The number of rotatable bonds is 5. The zero-order chi connectivity index (χ0) is 13.1. The summed E-state index contributed by atoms with van der Waals surface area (Å²) in [6, 6.07) is 2.10. The van der Waals surface area contributed by atoms with Crippen LogP contribution >= 0.6 is 11.3 Å². The van der Waals surface area contributed by atoms with E-state index in [1.807, 2.05) is 6.92 Å². The molecule has 2 aromatic heterocycles. The molecule has 0 aliphatic heterocycles. The highest BCUT2D eigenvalue weighted by molar-refractivity contribution is 7.18. The van der Waals surface area contributed by atoms with E-state index in [1.165, 1.54) is 4.88 Å². The monoisotopic (exact) mass is 266 g/mol. The summed E-state index contributed by atoms with van der Waals surface area (Å²) in [5.74, 6) is 6.39. The first kappa shape index (κ1) is 13.0. The van der Waals surface area contributed by atoms with Crippen molar-refractivity contribution in [3.63, 3.8) is 0 Å². The molecule has 0 saturated heterocycles. The van der Waals surface area contributed by atoms with Crippen LogP contribution in [-0.2, 0) is 6.42 Å². The molecule has 0 aliphatic rings. The van der Waals surface area contributed by atoms with Crippen molar-refractivity contribution in [3.05, 3.63) is 10.9 Å². The molecular formula is C12H18N4OS. The van der Waals surface area contributed by atoms with Crippen molar-refractivity contribution in [3.8, 4) is 5.88 Å². The van der Waals surface area contributed by atoms with Gasteiger partial charge in [-0.2, -0.15) is 4.98 Å². The third-order valence-corrected chi connectivity index (χ3v) is 3.95. The quantitative estimate of drug-likeness (QED) is 0.643. The SMILES string of the molecule is CCc1cc2c(OC(C)CC)nc(NN)nc2s1. The van der Waals surface area contributed by atoms with Crippen LogP contribution in [0.2, 0.25) is 0 Å². The molecule has 0 aromatic carbocycles. The van der Waals surface area contributed by atoms with Gasteiger partial charge in [0.15, 0.2) is 0 Å². The Morgan fingerprint density at radius 3 is 2.83 bits per heavy atom. The normalized spacial score (nSPS) is 12.7. The average molecular weight is 266 g/mol. The fraction of sp³-hybridized carbons (Fsp3) is 0.500. The second-order valence-electron chi connectivity index (χ2n) is 4.12. The molecule has 0 saturated carbocycles. The largest absolute Gasteiger partial charge is 0.474 e. The Hall–Kier alpha value is -1.40. The van der Waals surface area contributed by atoms with Gasteiger partial charge in [0, 0.05) is 4.88 Å². The number of hydrogen-bond donors (Lipinski definition) is 2. The molecule has 6 heteroatoms. The number of nitrogens with one attached hydrogen (secondary N) is 1. The van der Waals surface area contributed by atoms with Crippen molar-refractivity contribution in [2.45, 2.75) is 39.7 Å². The Kier molecular flexibility index (Phi) is 3.98. The van der Waals surface area contributed by atoms with Crippen LogP contribution < -0.4 is 16.0 Å². The third-order valence-electron chi connectivity index (χ3n) is 2.77. The Morgan fingerprint density at radius 1 is 1.44 bits per heavy atom. The van der Waals surface area contributed by atoms with Gasteiger partial charge in [-0.3, -0.25) is 5.43 Å². The summed E-state index contributed by atoms with van der Waals surface area (Å²) in [7, 11) is 0. The number of fused-ring (bicyclic) bond motifs is 1. The molecule has 5 nitrogen and oxygen atoms in total. The molecule has 1 unspecified atom stereocenters. The first-order chi connectivity index (χ1) is 8.67. The van der Waals surface area contributed by atoms with Crippen LogP contribution in [0.25, 0.3) is 10.2 Å². The van der Waals surface area contributed by atoms with Crippen molar-refractivity contribution in [2.75, 3.05) is 5.43 Å². The Morgan fingerprint density at radius 2 is 2.22 bits per heavy atom. The number of nitrogens with two attached hydrogens (primary N) is 1. The molecule has 0 spiro atoms. The second-order valence-corrected chi connectivity index (χ2v) is 5.23. The van der Waals surface area contributed by atoms with E-state index in [1.54, 1.807) is 11.3 Å². The summed E-state index contributed by atoms with van der Waals surface area (Å²) in [6.07, 6.45) is 2.04. The zero-order valence-corrected chi connectivity index (χ0v) is 11.7. The molecular weight excluding hydrogens is 248 g/mol. The van der Waals surface area contributed by atoms with Gasteiger partial charge < -0.3 is 4.74 Å². The fourth-order valence-electron chi connectivity index (χ4n) is 1.55. The number of aryl methyl sites for hydroxylation is 1. The van der Waals surface area contributed by atoms with Crippen molar-refractivity contribution < 1.29 is 4.74 Å². The minimum absolute atomic E-state index is 0.124. The molecule has 18 heavy (non-hydrogen) atoms. The maximum atomic E-state index is 5.84. The predicted octanol–water partition coefficient (Wildman–Crippen LogP) is 2.72. The van der Waals surface area contributed by atoms with Gasteiger partial charge in [0.05, 0.1) is 11.5 Å². The maximum Gasteiger partial charge on any atom is 0.241 e. The van der Waals surface area contributed by atoms with E-state index in [0.29, 0.717) is 11.8 Å². The molecule has 2 rings (SSSR count). The number of hydrazine groups is 1. The van der Waals surface area contributed by atoms with E-state index in [-0.39, 0.29) is 6.10 Å². The van der Waals surface area contributed by atoms with E-state index < -0.39 is 0 Å². The average Bonchev–Trinajstić information content (AvgIpc) is 2.81. The topological polar surface area (TPSA) is 73.1 Å². The number of aromatic nitrogens is 2. The molecule has 0 fully saturated rings. The van der Waals surface area contributed by atoms with E-state index in [9.17, 15) is 0 Å². The predicted molar refractivity (Wildman–Crippen MR) is 75.0 cm³/mol. The van der Waals surface area contributed by atoms with Crippen LogP contribution in [0.5, 0.6) is 5.88 Å². The lowest BCUT2D eigenvalue weighted by molar-refractivity contribution is 0.212. The van der Waals surface area contributed by atoms with Crippen LogP contribution in [0.1, 0.15) is 32.1 Å². The van der Waals surface area contributed by atoms with Gasteiger partial charge in [0.2, 0.25) is 11.8 Å². The third kappa shape index (κ3) is 2.54. The van der Waals surface area contributed by atoms with E-state index >= 15 is 0 Å². The number of anilines is 1. The Labute approximate surface area is 110 Å². The molecule has 0 aliphatic carbocycles. The minimum atomic E-state index is 0.124. The van der Waals surface area contributed by atoms with Gasteiger partial charge in [0.25, 0.3) is 0 Å². The van der Waals surface area contributed by atoms with E-state index in [4.69, 9.17) is 10.6 Å². The van der Waals surface area contributed by atoms with Gasteiger partial charge in [-0.05, 0) is 25.8 Å². The summed E-state index contributed by atoms with van der Waals surface area (Å²) in [4.78, 5) is 10.8. The van der Waals surface area contributed by atoms with Gasteiger partial charge in [-0.1, -0.05) is 13.8 Å². The van der Waals surface area contributed by atoms with Gasteiger partial charge in [-0.25, -0.2) is 10.8 Å². The van der Waals surface area contributed by atoms with Crippen molar-refractivity contribution in [1.29, 1.82) is 0 Å². The number of ether oxygens (including phenoxy) is 1. The van der Waals surface area contributed by atoms with Crippen LogP contribution in [0.15, 0.2) is 6.07 Å². The molecule has 3 N–H and O–H groups in total. The smallest absolute Gasteiger partial charge is 0.241 e. The Balaban J connectivity index is 2.49. The Bertz CT molecular complexity index is 540. The van der Waals surface area contributed by atoms with Crippen LogP contribution in [0.4, 0.5) is 5.95 Å². The van der Waals surface area contributed by atoms with Crippen LogP contribution in [0, 0.1) is 0 Å². The van der Waals surface area contributed by atoms with Crippen molar-refractivity contribution in [2.24, 2.45) is 5.84 Å². The lowest BCUT2D eigenvalue weighted by Crippen LogP contribution is -2.14. The van der Waals surface area contributed by atoms with Gasteiger partial charge in [0.1, 0.15) is 4.83 Å². The molecule has 0 amide bonds. The number of hydrogen-bond acceptors (Lipinski definition) is 6. The zero-order valence-electron chi connectivity index (χ0n) is 10.9. The van der Waals surface area contributed by atoms with Gasteiger partial charge >= 0.3 is 0 Å². The molecule has 2 heterocycles. The lowest BCUT2D eigenvalue weighted by Gasteiger charge is -2.12. The molecule has 98 valence electrons. The van der Waals surface area contributed by atoms with Crippen molar-refractivity contribution in [1.82, 2.24) is 9.97 Å². The molecule has 1 atom stereocenters. The summed E-state index contributed by atoms with van der Waals surface area (Å²) < 4.78 is 5.84. The number of nitrogens with zero attached hydrogens (tertiary/aromatic N) is 2. The van der Waals surface area contributed by atoms with Crippen LogP contribution in [0.3, 0.4) is 0 Å². The first-order valence-corrected chi connectivity index (χ1v) is 6.93. The molecule has 2 aromatic rings. The first-order valence-electron chi connectivity index (χ1n) is 6.11. The highest BCUT2D eigenvalue weighted by atomic mass is 32.1. The van der Waals surface area contributed by atoms with E-state index in [2.05, 4.69) is 35.3 Å². The number of thiophene rings is 1. The van der Waals surface area contributed by atoms with Crippen LogP contribution in [-0.4, -0.2) is 16.1 Å². The summed E-state index contributed by atoms with van der Waals surface area (Å²) in [5, 5.41) is 0.969. The van der Waals surface area contributed by atoms with Crippen molar-refractivity contribution >= 4 is 27.5 Å². The maximum absolute atomic E-state index is 5.84.